The Bertz CT molecular complexity index is 280. The van der Waals surface area contributed by atoms with Crippen molar-refractivity contribution in [1.29, 1.82) is 0 Å². The van der Waals surface area contributed by atoms with E-state index in [4.69, 9.17) is 0 Å². The molecule has 0 aliphatic carbocycles. The lowest BCUT2D eigenvalue weighted by atomic mass is 10.6. The average Bonchev–Trinajstić information content (AvgIpc) is 2.50. The van der Waals surface area contributed by atoms with Crippen LogP contribution in [0, 0.1) is 0 Å². The van der Waals surface area contributed by atoms with Gasteiger partial charge in [0.25, 0.3) is 5.82 Å². The zero-order valence-corrected chi connectivity index (χ0v) is 5.70. The maximum absolute atomic E-state index is 10.7. The molecule has 11 heavy (non-hydrogen) atoms. The second-order valence-corrected chi connectivity index (χ2v) is 1.65. The summed E-state index contributed by atoms with van der Waals surface area (Å²) in [5.74, 6) is -0.811. The molecular formula is C5H5N3O3. The second kappa shape index (κ2) is 2.91. The van der Waals surface area contributed by atoms with Crippen molar-refractivity contribution in [3.63, 3.8) is 0 Å². The molecule has 0 atom stereocenters. The Labute approximate surface area is 61.6 Å². The number of aromatic nitrogens is 3. The summed E-state index contributed by atoms with van der Waals surface area (Å²) in [6.07, 6.45) is 0.458. The molecule has 0 saturated carbocycles. The third-order valence-electron chi connectivity index (χ3n) is 0.982. The Morgan fingerprint density at radius 1 is 1.73 bits per heavy atom. The number of aldehydes is 1. The smallest absolute Gasteiger partial charge is 0.377 e. The van der Waals surface area contributed by atoms with Crippen LogP contribution in [0.15, 0.2) is 0 Å². The Balaban J connectivity index is 2.88. The molecule has 6 heteroatoms. The highest BCUT2D eigenvalue weighted by Gasteiger charge is 2.10. The molecule has 1 aromatic heterocycles. The minimum atomic E-state index is -0.672. The van der Waals surface area contributed by atoms with Crippen LogP contribution in [0.25, 0.3) is 0 Å². The number of nitrogens with zero attached hydrogens (tertiary/aromatic N) is 2. The van der Waals surface area contributed by atoms with E-state index >= 15 is 0 Å². The molecule has 58 valence electrons. The summed E-state index contributed by atoms with van der Waals surface area (Å²) in [6, 6.07) is 0. The van der Waals surface area contributed by atoms with Crippen LogP contribution < -0.4 is 0 Å². The van der Waals surface area contributed by atoms with E-state index in [2.05, 4.69) is 19.9 Å². The van der Waals surface area contributed by atoms with E-state index in [9.17, 15) is 9.59 Å². The fourth-order valence-electron chi connectivity index (χ4n) is 0.510. The lowest BCUT2D eigenvalue weighted by molar-refractivity contribution is 0.0587. The summed E-state index contributed by atoms with van der Waals surface area (Å²) in [6.45, 7) is 0. The van der Waals surface area contributed by atoms with Gasteiger partial charge in [-0.05, 0) is 0 Å². The number of ether oxygens (including phenoxy) is 1. The van der Waals surface area contributed by atoms with E-state index in [0.29, 0.717) is 6.29 Å². The Morgan fingerprint density at radius 2 is 2.45 bits per heavy atom. The van der Waals surface area contributed by atoms with E-state index in [1.54, 1.807) is 0 Å². The van der Waals surface area contributed by atoms with Gasteiger partial charge in [0, 0.05) is 0 Å². The van der Waals surface area contributed by atoms with E-state index < -0.39 is 5.97 Å². The van der Waals surface area contributed by atoms with Gasteiger partial charge >= 0.3 is 5.97 Å². The summed E-state index contributed by atoms with van der Waals surface area (Å²) in [4.78, 5) is 24.2. The first-order chi connectivity index (χ1) is 5.27. The van der Waals surface area contributed by atoms with Crippen LogP contribution >= 0.6 is 0 Å². The molecule has 0 unspecified atom stereocenters. The zero-order chi connectivity index (χ0) is 8.27. The van der Waals surface area contributed by atoms with Gasteiger partial charge in [0.1, 0.15) is 0 Å². The van der Waals surface area contributed by atoms with Crippen LogP contribution in [0.4, 0.5) is 0 Å². The fourth-order valence-corrected chi connectivity index (χ4v) is 0.510. The van der Waals surface area contributed by atoms with Crippen LogP contribution in [-0.4, -0.2) is 34.5 Å². The van der Waals surface area contributed by atoms with Crippen molar-refractivity contribution < 1.29 is 14.3 Å². The minimum absolute atomic E-state index is 0.00500. The molecule has 0 aliphatic rings. The van der Waals surface area contributed by atoms with Crippen molar-refractivity contribution >= 4 is 12.3 Å². The normalized spacial score (nSPS) is 9.18. The molecule has 0 radical (unpaired) electrons. The van der Waals surface area contributed by atoms with E-state index in [1.165, 1.54) is 7.11 Å². The number of hydrogen-bond acceptors (Lipinski definition) is 5. The monoisotopic (exact) mass is 155 g/mol. The van der Waals surface area contributed by atoms with Gasteiger partial charge in [0.15, 0.2) is 12.1 Å². The summed E-state index contributed by atoms with van der Waals surface area (Å²) in [5, 5.41) is 5.66. The predicted octanol–water partition coefficient (Wildman–Crippen LogP) is -0.596. The number of carbonyl (C=O) groups excluding carboxylic acids is 2. The van der Waals surface area contributed by atoms with Gasteiger partial charge in [0.05, 0.1) is 7.11 Å². The van der Waals surface area contributed by atoms with Gasteiger partial charge in [-0.25, -0.2) is 4.79 Å². The first kappa shape index (κ1) is 7.39. The van der Waals surface area contributed by atoms with Gasteiger partial charge in [-0.2, -0.15) is 4.98 Å². The number of methoxy groups -OCH3 is 1. The van der Waals surface area contributed by atoms with E-state index in [1.807, 2.05) is 0 Å². The highest BCUT2D eigenvalue weighted by molar-refractivity contribution is 5.85. The van der Waals surface area contributed by atoms with Crippen molar-refractivity contribution in [2.45, 2.75) is 0 Å². The Kier molecular flexibility index (Phi) is 1.95. The Morgan fingerprint density at radius 3 is 2.91 bits per heavy atom. The number of rotatable bonds is 2. The summed E-state index contributed by atoms with van der Waals surface area (Å²) in [7, 11) is 1.21. The highest BCUT2D eigenvalue weighted by atomic mass is 16.5. The number of H-pyrrole nitrogens is 1. The number of carbonyl (C=O) groups is 2. The SMILES string of the molecule is COC(=O)c1n[nH]c(C=O)n1. The third kappa shape index (κ3) is 1.40. The molecule has 0 bridgehead atoms. The average molecular weight is 155 g/mol. The Hall–Kier alpha value is -1.72. The summed E-state index contributed by atoms with van der Waals surface area (Å²) < 4.78 is 4.29. The van der Waals surface area contributed by atoms with Gasteiger partial charge in [-0.15, -0.1) is 5.10 Å². The lowest BCUT2D eigenvalue weighted by Gasteiger charge is -1.87. The van der Waals surface area contributed by atoms with Gasteiger partial charge < -0.3 is 4.74 Å². The maximum Gasteiger partial charge on any atom is 0.377 e. The van der Waals surface area contributed by atoms with E-state index in [-0.39, 0.29) is 11.6 Å². The molecular weight excluding hydrogens is 150 g/mol. The standard InChI is InChI=1S/C5H5N3O3/c1-11-5(10)4-6-3(2-9)7-8-4/h2H,1H3,(H,6,7,8). The van der Waals surface area contributed by atoms with Crippen molar-refractivity contribution in [3.8, 4) is 0 Å². The van der Waals surface area contributed by atoms with Gasteiger partial charge in [0.2, 0.25) is 0 Å². The number of nitrogens with one attached hydrogen (secondary N) is 1. The predicted molar refractivity (Wildman–Crippen MR) is 33.1 cm³/mol. The topological polar surface area (TPSA) is 84.9 Å². The summed E-state index contributed by atoms with van der Waals surface area (Å²) >= 11 is 0. The summed E-state index contributed by atoms with van der Waals surface area (Å²) in [5.41, 5.74) is 0. The largest absolute Gasteiger partial charge is 0.463 e. The number of esters is 1. The number of hydrogen-bond donors (Lipinski definition) is 1. The molecule has 0 saturated heterocycles. The molecule has 1 rings (SSSR count). The molecule has 0 amide bonds. The number of aromatic amines is 1. The van der Waals surface area contributed by atoms with Crippen molar-refractivity contribution in [3.05, 3.63) is 11.6 Å². The lowest BCUT2D eigenvalue weighted by Crippen LogP contribution is -2.03. The maximum atomic E-state index is 10.7. The third-order valence-corrected chi connectivity index (χ3v) is 0.982. The molecule has 0 fully saturated rings. The molecule has 0 aromatic carbocycles. The van der Waals surface area contributed by atoms with Crippen molar-refractivity contribution in [2.24, 2.45) is 0 Å². The first-order valence-corrected chi connectivity index (χ1v) is 2.74. The van der Waals surface area contributed by atoms with Crippen LogP contribution in [0.3, 0.4) is 0 Å². The minimum Gasteiger partial charge on any atom is -0.463 e. The molecule has 1 heterocycles. The molecule has 1 N–H and O–H groups in total. The molecule has 6 nitrogen and oxygen atoms in total. The van der Waals surface area contributed by atoms with Crippen LogP contribution in [0.5, 0.6) is 0 Å². The van der Waals surface area contributed by atoms with Crippen LogP contribution in [0.2, 0.25) is 0 Å². The van der Waals surface area contributed by atoms with Crippen molar-refractivity contribution in [1.82, 2.24) is 15.2 Å². The molecule has 1 aromatic rings. The van der Waals surface area contributed by atoms with E-state index in [0.717, 1.165) is 0 Å². The van der Waals surface area contributed by atoms with Crippen LogP contribution in [-0.2, 0) is 4.74 Å². The second-order valence-electron chi connectivity index (χ2n) is 1.65. The highest BCUT2D eigenvalue weighted by Crippen LogP contribution is 1.91. The van der Waals surface area contributed by atoms with Gasteiger partial charge in [-0.3, -0.25) is 9.89 Å². The molecule has 0 aliphatic heterocycles. The fraction of sp³-hybridized carbons (Fsp3) is 0.200. The van der Waals surface area contributed by atoms with Crippen LogP contribution in [0.1, 0.15) is 21.2 Å². The van der Waals surface area contributed by atoms with Crippen molar-refractivity contribution in [2.75, 3.05) is 7.11 Å². The van der Waals surface area contributed by atoms with Gasteiger partial charge in [-0.1, -0.05) is 0 Å². The first-order valence-electron chi connectivity index (χ1n) is 2.74. The molecule has 0 spiro atoms. The zero-order valence-electron chi connectivity index (χ0n) is 5.70. The quantitative estimate of drug-likeness (QED) is 0.455.